The number of hydrogen-bond acceptors (Lipinski definition) is 3. The van der Waals surface area contributed by atoms with Crippen LogP contribution in [0.25, 0.3) is 0 Å². The molecule has 0 fully saturated rings. The summed E-state index contributed by atoms with van der Waals surface area (Å²) in [7, 11) is 1.58. The molecule has 0 aliphatic heterocycles. The smallest absolute Gasteiger partial charge is 0.222 e. The number of carbonyl (C=O) groups excluding carboxylic acids is 2. The molecule has 116 valence electrons. The number of rotatable bonds is 7. The molecule has 21 heavy (non-hydrogen) atoms. The Hall–Kier alpha value is -1.59. The summed E-state index contributed by atoms with van der Waals surface area (Å²) in [6, 6.07) is 6.61. The molecule has 0 aromatic heterocycles. The molecule has 0 unspecified atom stereocenters. The molecule has 0 aliphatic carbocycles. The van der Waals surface area contributed by atoms with Crippen molar-refractivity contribution < 1.29 is 14.3 Å². The zero-order valence-corrected chi connectivity index (χ0v) is 13.2. The normalized spacial score (nSPS) is 13.3. The van der Waals surface area contributed by atoms with Crippen LogP contribution in [0.4, 0.5) is 0 Å². The summed E-state index contributed by atoms with van der Waals surface area (Å²) in [6.07, 6.45) is 0.162. The molecular weight excluding hydrogens is 292 g/mol. The van der Waals surface area contributed by atoms with Crippen molar-refractivity contribution in [2.45, 2.75) is 32.4 Å². The maximum absolute atomic E-state index is 12.0. The first-order chi connectivity index (χ1) is 9.92. The maximum atomic E-state index is 12.0. The summed E-state index contributed by atoms with van der Waals surface area (Å²) in [5.41, 5.74) is 0.837. The Balaban J connectivity index is 2.72. The minimum atomic E-state index is -0.380. The highest BCUT2D eigenvalue weighted by atomic mass is 35.5. The first kappa shape index (κ1) is 17.5. The number of methoxy groups -OCH3 is 1. The SMILES string of the molecule is COC[C@@H](C)NC(=O)C[C@H](NC(C)=O)c1ccc(Cl)cc1. The monoisotopic (exact) mass is 312 g/mol. The van der Waals surface area contributed by atoms with Gasteiger partial charge in [0.15, 0.2) is 0 Å². The number of ether oxygens (including phenoxy) is 1. The number of nitrogens with one attached hydrogen (secondary N) is 2. The standard InChI is InChI=1S/C15H21ClN2O3/c1-10(9-21-3)17-15(20)8-14(18-11(2)19)12-4-6-13(16)7-5-12/h4-7,10,14H,8-9H2,1-3H3,(H,17,20)(H,18,19)/t10-,14+/m1/s1. The molecule has 0 saturated heterocycles. The predicted molar refractivity (Wildman–Crippen MR) is 82.1 cm³/mol. The van der Waals surface area contributed by atoms with E-state index in [2.05, 4.69) is 10.6 Å². The summed E-state index contributed by atoms with van der Waals surface area (Å²) in [4.78, 5) is 23.3. The van der Waals surface area contributed by atoms with E-state index in [0.29, 0.717) is 11.6 Å². The number of amides is 2. The van der Waals surface area contributed by atoms with E-state index in [4.69, 9.17) is 16.3 Å². The fourth-order valence-corrected chi connectivity index (χ4v) is 2.13. The fourth-order valence-electron chi connectivity index (χ4n) is 2.00. The highest BCUT2D eigenvalue weighted by Gasteiger charge is 2.18. The zero-order valence-electron chi connectivity index (χ0n) is 12.5. The summed E-state index contributed by atoms with van der Waals surface area (Å²) >= 11 is 5.85. The summed E-state index contributed by atoms with van der Waals surface area (Å²) in [5.74, 6) is -0.332. The Kier molecular flexibility index (Phi) is 7.19. The van der Waals surface area contributed by atoms with Gasteiger partial charge in [0.1, 0.15) is 0 Å². The molecule has 2 amide bonds. The second-order valence-corrected chi connectivity index (χ2v) is 5.37. The van der Waals surface area contributed by atoms with Crippen LogP contribution in [0.5, 0.6) is 0 Å². The Morgan fingerprint density at radius 3 is 2.38 bits per heavy atom. The highest BCUT2D eigenvalue weighted by molar-refractivity contribution is 6.30. The zero-order chi connectivity index (χ0) is 15.8. The molecule has 5 nitrogen and oxygen atoms in total. The van der Waals surface area contributed by atoms with Crippen molar-refractivity contribution in [2.24, 2.45) is 0 Å². The van der Waals surface area contributed by atoms with Gasteiger partial charge in [0.25, 0.3) is 0 Å². The quantitative estimate of drug-likeness (QED) is 0.810. The first-order valence-corrected chi connectivity index (χ1v) is 7.11. The van der Waals surface area contributed by atoms with E-state index in [1.54, 1.807) is 31.4 Å². The second-order valence-electron chi connectivity index (χ2n) is 4.93. The molecule has 0 heterocycles. The van der Waals surface area contributed by atoms with E-state index < -0.39 is 0 Å². The number of benzene rings is 1. The van der Waals surface area contributed by atoms with Crippen LogP contribution in [0.1, 0.15) is 31.9 Å². The van der Waals surface area contributed by atoms with E-state index in [0.717, 1.165) is 5.56 Å². The van der Waals surface area contributed by atoms with Crippen LogP contribution in [-0.4, -0.2) is 31.6 Å². The molecule has 0 spiro atoms. The Bertz CT molecular complexity index is 476. The third-order valence-corrected chi connectivity index (χ3v) is 3.12. The van der Waals surface area contributed by atoms with Crippen LogP contribution in [0.2, 0.25) is 5.02 Å². The molecule has 2 N–H and O–H groups in total. The lowest BCUT2D eigenvalue weighted by molar-refractivity contribution is -0.123. The van der Waals surface area contributed by atoms with Crippen molar-refractivity contribution in [3.8, 4) is 0 Å². The second kappa shape index (κ2) is 8.64. The van der Waals surface area contributed by atoms with Crippen LogP contribution in [0.15, 0.2) is 24.3 Å². The fraction of sp³-hybridized carbons (Fsp3) is 0.467. The van der Waals surface area contributed by atoms with Gasteiger partial charge in [-0.2, -0.15) is 0 Å². The Morgan fingerprint density at radius 2 is 1.86 bits per heavy atom. The third kappa shape index (κ3) is 6.60. The largest absolute Gasteiger partial charge is 0.383 e. The van der Waals surface area contributed by atoms with E-state index in [1.807, 2.05) is 6.92 Å². The van der Waals surface area contributed by atoms with Gasteiger partial charge in [0.2, 0.25) is 11.8 Å². The molecule has 0 bridgehead atoms. The highest BCUT2D eigenvalue weighted by Crippen LogP contribution is 2.19. The molecule has 1 aromatic rings. The van der Waals surface area contributed by atoms with Gasteiger partial charge < -0.3 is 15.4 Å². The van der Waals surface area contributed by atoms with Crippen LogP contribution < -0.4 is 10.6 Å². The van der Waals surface area contributed by atoms with Gasteiger partial charge in [-0.3, -0.25) is 9.59 Å². The summed E-state index contributed by atoms with van der Waals surface area (Å²) < 4.78 is 4.97. The molecule has 6 heteroatoms. The maximum Gasteiger partial charge on any atom is 0.222 e. The minimum absolute atomic E-state index is 0.0781. The van der Waals surface area contributed by atoms with Crippen molar-refractivity contribution in [2.75, 3.05) is 13.7 Å². The van der Waals surface area contributed by atoms with Gasteiger partial charge in [0.05, 0.1) is 19.1 Å². The van der Waals surface area contributed by atoms with Crippen molar-refractivity contribution in [1.29, 1.82) is 0 Å². The van der Waals surface area contributed by atoms with Gasteiger partial charge in [-0.25, -0.2) is 0 Å². The lowest BCUT2D eigenvalue weighted by atomic mass is 10.0. The van der Waals surface area contributed by atoms with E-state index in [1.165, 1.54) is 6.92 Å². The number of hydrogen-bond donors (Lipinski definition) is 2. The molecule has 0 aliphatic rings. The summed E-state index contributed by atoms with van der Waals surface area (Å²) in [6.45, 7) is 3.73. The number of carbonyl (C=O) groups is 2. The van der Waals surface area contributed by atoms with Crippen LogP contribution in [0.3, 0.4) is 0 Å². The molecular formula is C15H21ClN2O3. The van der Waals surface area contributed by atoms with Crippen molar-refractivity contribution in [3.63, 3.8) is 0 Å². The Morgan fingerprint density at radius 1 is 1.24 bits per heavy atom. The average Bonchev–Trinajstić information content (AvgIpc) is 2.38. The predicted octanol–water partition coefficient (Wildman–Crippen LogP) is 2.06. The van der Waals surface area contributed by atoms with Gasteiger partial charge in [0, 0.05) is 25.1 Å². The third-order valence-electron chi connectivity index (χ3n) is 2.86. The lowest BCUT2D eigenvalue weighted by Gasteiger charge is -2.20. The lowest BCUT2D eigenvalue weighted by Crippen LogP contribution is -2.38. The molecule has 2 atom stereocenters. The van der Waals surface area contributed by atoms with Crippen LogP contribution in [0, 0.1) is 0 Å². The van der Waals surface area contributed by atoms with E-state index in [9.17, 15) is 9.59 Å². The number of halogens is 1. The van der Waals surface area contributed by atoms with Gasteiger partial charge in [-0.05, 0) is 24.6 Å². The van der Waals surface area contributed by atoms with Gasteiger partial charge in [-0.15, -0.1) is 0 Å². The van der Waals surface area contributed by atoms with Crippen molar-refractivity contribution in [1.82, 2.24) is 10.6 Å². The van der Waals surface area contributed by atoms with Crippen molar-refractivity contribution >= 4 is 23.4 Å². The van der Waals surface area contributed by atoms with E-state index >= 15 is 0 Å². The average molecular weight is 313 g/mol. The molecule has 1 aromatic carbocycles. The van der Waals surface area contributed by atoms with Crippen LogP contribution >= 0.6 is 11.6 Å². The van der Waals surface area contributed by atoms with E-state index in [-0.39, 0.29) is 30.3 Å². The minimum Gasteiger partial charge on any atom is -0.383 e. The van der Waals surface area contributed by atoms with Crippen LogP contribution in [-0.2, 0) is 14.3 Å². The molecule has 0 saturated carbocycles. The molecule has 1 rings (SSSR count). The molecule has 0 radical (unpaired) electrons. The van der Waals surface area contributed by atoms with Gasteiger partial charge in [-0.1, -0.05) is 23.7 Å². The van der Waals surface area contributed by atoms with Gasteiger partial charge >= 0.3 is 0 Å². The first-order valence-electron chi connectivity index (χ1n) is 6.73. The Labute approximate surface area is 130 Å². The topological polar surface area (TPSA) is 67.4 Å². The summed E-state index contributed by atoms with van der Waals surface area (Å²) in [5, 5.41) is 6.21. The van der Waals surface area contributed by atoms with Crippen molar-refractivity contribution in [3.05, 3.63) is 34.9 Å².